The van der Waals surface area contributed by atoms with Crippen LogP contribution in [0.3, 0.4) is 0 Å². The molecule has 1 aliphatic carbocycles. The molecule has 1 saturated carbocycles. The van der Waals surface area contributed by atoms with Crippen LogP contribution in [0.25, 0.3) is 5.65 Å². The lowest BCUT2D eigenvalue weighted by Gasteiger charge is -2.35. The molecular weight excluding hydrogens is 408 g/mol. The quantitative estimate of drug-likeness (QED) is 0.643. The van der Waals surface area contributed by atoms with E-state index in [1.165, 1.54) is 12.8 Å². The van der Waals surface area contributed by atoms with Gasteiger partial charge in [-0.25, -0.2) is 0 Å². The number of amides is 1. The van der Waals surface area contributed by atoms with Gasteiger partial charge in [0.05, 0.1) is 0 Å². The van der Waals surface area contributed by atoms with Gasteiger partial charge in [-0.3, -0.25) is 4.79 Å². The maximum Gasteiger partial charge on any atom is 0.253 e. The van der Waals surface area contributed by atoms with Gasteiger partial charge >= 0.3 is 0 Å². The molecule has 1 aromatic carbocycles. The van der Waals surface area contributed by atoms with Crippen LogP contribution < -0.4 is 4.90 Å². The third kappa shape index (κ3) is 3.18. The third-order valence-corrected chi connectivity index (χ3v) is 5.73. The van der Waals surface area contributed by atoms with Crippen molar-refractivity contribution in [1.82, 2.24) is 24.7 Å². The van der Waals surface area contributed by atoms with Gasteiger partial charge in [0.1, 0.15) is 5.82 Å². The van der Waals surface area contributed by atoms with Gasteiger partial charge in [0.15, 0.2) is 11.5 Å². The van der Waals surface area contributed by atoms with Crippen LogP contribution in [0.15, 0.2) is 40.9 Å². The Morgan fingerprint density at radius 1 is 0.963 bits per heavy atom. The number of anilines is 1. The molecule has 8 heteroatoms. The van der Waals surface area contributed by atoms with Crippen LogP contribution in [0, 0.1) is 0 Å². The molecule has 2 aliphatic rings. The number of benzene rings is 1. The second kappa shape index (κ2) is 6.60. The molecule has 138 valence electrons. The Balaban J connectivity index is 1.30. The molecule has 0 unspecified atom stereocenters. The predicted molar refractivity (Wildman–Crippen MR) is 105 cm³/mol. The summed E-state index contributed by atoms with van der Waals surface area (Å²) in [5.41, 5.74) is 1.52. The largest absolute Gasteiger partial charge is 0.352 e. The van der Waals surface area contributed by atoms with Crippen molar-refractivity contribution < 1.29 is 4.79 Å². The average molecular weight is 427 g/mol. The van der Waals surface area contributed by atoms with E-state index in [4.69, 9.17) is 5.10 Å². The highest BCUT2D eigenvalue weighted by atomic mass is 79.9. The Kier molecular flexibility index (Phi) is 4.07. The van der Waals surface area contributed by atoms with Crippen LogP contribution in [0.2, 0.25) is 0 Å². The molecule has 1 aliphatic heterocycles. The van der Waals surface area contributed by atoms with Crippen molar-refractivity contribution in [3.8, 4) is 0 Å². The van der Waals surface area contributed by atoms with Gasteiger partial charge < -0.3 is 9.80 Å². The van der Waals surface area contributed by atoms with Crippen molar-refractivity contribution in [2.24, 2.45) is 0 Å². The van der Waals surface area contributed by atoms with Crippen molar-refractivity contribution in [2.75, 3.05) is 31.1 Å². The number of nitrogens with zero attached hydrogens (tertiary/aromatic N) is 6. The van der Waals surface area contributed by atoms with E-state index in [0.717, 1.165) is 40.4 Å². The van der Waals surface area contributed by atoms with Gasteiger partial charge in [-0.15, -0.1) is 15.3 Å². The molecule has 1 amide bonds. The van der Waals surface area contributed by atoms with Crippen LogP contribution in [0.4, 0.5) is 5.82 Å². The lowest BCUT2D eigenvalue weighted by atomic mass is 10.2. The fourth-order valence-corrected chi connectivity index (χ4v) is 3.74. The molecule has 2 fully saturated rings. The zero-order valence-corrected chi connectivity index (χ0v) is 16.3. The van der Waals surface area contributed by atoms with E-state index < -0.39 is 0 Å². The number of rotatable bonds is 3. The topological polar surface area (TPSA) is 66.6 Å². The summed E-state index contributed by atoms with van der Waals surface area (Å²) < 4.78 is 2.86. The minimum Gasteiger partial charge on any atom is -0.352 e. The Morgan fingerprint density at radius 2 is 1.70 bits per heavy atom. The van der Waals surface area contributed by atoms with Gasteiger partial charge in [0.25, 0.3) is 5.91 Å². The highest BCUT2D eigenvalue weighted by Gasteiger charge is 2.30. The smallest absolute Gasteiger partial charge is 0.253 e. The number of carbonyl (C=O) groups is 1. The second-order valence-corrected chi connectivity index (χ2v) is 8.00. The third-order valence-electron chi connectivity index (χ3n) is 5.20. The molecule has 3 heterocycles. The summed E-state index contributed by atoms with van der Waals surface area (Å²) >= 11 is 3.41. The molecule has 5 rings (SSSR count). The summed E-state index contributed by atoms with van der Waals surface area (Å²) in [5.74, 6) is 2.47. The van der Waals surface area contributed by atoms with Crippen LogP contribution in [-0.4, -0.2) is 56.8 Å². The Labute approximate surface area is 165 Å². The Hall–Kier alpha value is -2.48. The molecule has 0 radical (unpaired) electrons. The molecule has 7 nitrogen and oxygen atoms in total. The van der Waals surface area contributed by atoms with Crippen LogP contribution in [0.1, 0.15) is 34.9 Å². The Morgan fingerprint density at radius 3 is 2.41 bits per heavy atom. The highest BCUT2D eigenvalue weighted by Crippen LogP contribution is 2.38. The monoisotopic (exact) mass is 426 g/mol. The van der Waals surface area contributed by atoms with Crippen molar-refractivity contribution >= 4 is 33.3 Å². The van der Waals surface area contributed by atoms with Gasteiger partial charge in [-0.05, 0) is 49.2 Å². The molecule has 27 heavy (non-hydrogen) atoms. The van der Waals surface area contributed by atoms with Crippen LogP contribution in [-0.2, 0) is 0 Å². The molecule has 0 N–H and O–H groups in total. The van der Waals surface area contributed by atoms with Gasteiger partial charge in [0.2, 0.25) is 0 Å². The van der Waals surface area contributed by atoms with Crippen molar-refractivity contribution in [3.63, 3.8) is 0 Å². The minimum atomic E-state index is 0.0837. The van der Waals surface area contributed by atoms with Gasteiger partial charge in [-0.1, -0.05) is 15.9 Å². The average Bonchev–Trinajstić information content (AvgIpc) is 3.47. The van der Waals surface area contributed by atoms with Crippen molar-refractivity contribution in [1.29, 1.82) is 0 Å². The van der Waals surface area contributed by atoms with Crippen LogP contribution >= 0.6 is 15.9 Å². The molecule has 1 saturated heterocycles. The van der Waals surface area contributed by atoms with E-state index in [2.05, 4.69) is 31.0 Å². The maximum absolute atomic E-state index is 12.7. The molecule has 3 aromatic rings. The van der Waals surface area contributed by atoms with Crippen molar-refractivity contribution in [2.45, 2.75) is 18.8 Å². The molecule has 2 aromatic heterocycles. The first kappa shape index (κ1) is 16.7. The highest BCUT2D eigenvalue weighted by molar-refractivity contribution is 9.10. The number of piperazine rings is 1. The standard InChI is InChI=1S/C19H19BrN6O/c20-15-5-3-14(4-6-15)19(27)25-11-9-24(10-12-25)17-8-7-16-21-22-18(13-1-2-13)26(16)23-17/h3-8,13H,1-2,9-12H2. The summed E-state index contributed by atoms with van der Waals surface area (Å²) in [7, 11) is 0. The summed E-state index contributed by atoms with van der Waals surface area (Å²) in [4.78, 5) is 16.8. The summed E-state index contributed by atoms with van der Waals surface area (Å²) in [5, 5.41) is 13.3. The van der Waals surface area contributed by atoms with Gasteiger partial charge in [0, 0.05) is 42.1 Å². The summed E-state index contributed by atoms with van der Waals surface area (Å²) in [6.07, 6.45) is 2.34. The number of fused-ring (bicyclic) bond motifs is 1. The second-order valence-electron chi connectivity index (χ2n) is 7.08. The normalized spacial score (nSPS) is 17.5. The Bertz CT molecular complexity index is 989. The number of carbonyl (C=O) groups excluding carboxylic acids is 1. The first-order chi connectivity index (χ1) is 13.2. The molecular formula is C19H19BrN6O. The SMILES string of the molecule is O=C(c1ccc(Br)cc1)N1CCN(c2ccc3nnc(C4CC4)n3n2)CC1. The zero-order valence-electron chi connectivity index (χ0n) is 14.8. The first-order valence-electron chi connectivity index (χ1n) is 9.21. The predicted octanol–water partition coefficient (Wildman–Crippen LogP) is 2.73. The van der Waals surface area contributed by atoms with E-state index in [9.17, 15) is 4.79 Å². The number of hydrogen-bond acceptors (Lipinski definition) is 5. The fourth-order valence-electron chi connectivity index (χ4n) is 3.47. The number of halogens is 1. The van der Waals surface area contributed by atoms with Gasteiger partial charge in [-0.2, -0.15) is 4.52 Å². The molecule has 0 bridgehead atoms. The first-order valence-corrected chi connectivity index (χ1v) is 10.0. The van der Waals surface area contributed by atoms with E-state index in [0.29, 0.717) is 19.0 Å². The van der Waals surface area contributed by atoms with E-state index in [1.54, 1.807) is 0 Å². The van der Waals surface area contributed by atoms with E-state index in [1.807, 2.05) is 45.8 Å². The summed E-state index contributed by atoms with van der Waals surface area (Å²) in [6.45, 7) is 2.90. The number of aromatic nitrogens is 4. The fraction of sp³-hybridized carbons (Fsp3) is 0.368. The molecule has 0 spiro atoms. The van der Waals surface area contributed by atoms with E-state index >= 15 is 0 Å². The van der Waals surface area contributed by atoms with Crippen molar-refractivity contribution in [3.05, 3.63) is 52.3 Å². The lowest BCUT2D eigenvalue weighted by Crippen LogP contribution is -2.49. The lowest BCUT2D eigenvalue weighted by molar-refractivity contribution is 0.0746. The minimum absolute atomic E-state index is 0.0837. The summed E-state index contributed by atoms with van der Waals surface area (Å²) in [6, 6.07) is 11.5. The molecule has 0 atom stereocenters. The zero-order chi connectivity index (χ0) is 18.4. The van der Waals surface area contributed by atoms with Crippen LogP contribution in [0.5, 0.6) is 0 Å². The maximum atomic E-state index is 12.7. The van der Waals surface area contributed by atoms with E-state index in [-0.39, 0.29) is 5.91 Å². The number of hydrogen-bond donors (Lipinski definition) is 0.